The van der Waals surface area contributed by atoms with Gasteiger partial charge in [-0.3, -0.25) is 0 Å². The van der Waals surface area contributed by atoms with Gasteiger partial charge in [0.2, 0.25) is 0 Å². The molecule has 0 saturated heterocycles. The summed E-state index contributed by atoms with van der Waals surface area (Å²) in [6.07, 6.45) is 0.524. The minimum Gasteiger partial charge on any atom is -0.489 e. The van der Waals surface area contributed by atoms with Crippen molar-refractivity contribution in [2.24, 2.45) is 0 Å². The lowest BCUT2D eigenvalue weighted by molar-refractivity contribution is 0.133. The van der Waals surface area contributed by atoms with E-state index in [1.807, 2.05) is 6.92 Å². The average molecular weight is 293 g/mol. The lowest BCUT2D eigenvalue weighted by atomic mass is 10.2. The van der Waals surface area contributed by atoms with Gasteiger partial charge in [0.05, 0.1) is 6.10 Å². The number of ether oxygens (including phenoxy) is 2. The molecule has 0 radical (unpaired) electrons. The molecule has 0 saturated carbocycles. The number of hydrogen-bond donors (Lipinski definition) is 0. The summed E-state index contributed by atoms with van der Waals surface area (Å²) in [5.41, 5.74) is 0.811. The van der Waals surface area contributed by atoms with E-state index in [4.69, 9.17) is 20.2 Å². The van der Waals surface area contributed by atoms with Crippen molar-refractivity contribution in [3.05, 3.63) is 23.8 Å². The minimum atomic E-state index is -3.81. The van der Waals surface area contributed by atoms with E-state index in [9.17, 15) is 8.42 Å². The Hall–Kier alpha value is -0.780. The second kappa shape index (κ2) is 6.41. The molecule has 4 nitrogen and oxygen atoms in total. The zero-order valence-electron chi connectivity index (χ0n) is 10.6. The first-order valence-corrected chi connectivity index (χ1v) is 7.86. The maximum atomic E-state index is 11.5. The first-order chi connectivity index (χ1) is 8.34. The predicted molar refractivity (Wildman–Crippen MR) is 70.8 cm³/mol. The van der Waals surface area contributed by atoms with Gasteiger partial charge in [-0.2, -0.15) is 0 Å². The van der Waals surface area contributed by atoms with E-state index in [1.54, 1.807) is 26.2 Å². The topological polar surface area (TPSA) is 52.6 Å². The second-order valence-electron chi connectivity index (χ2n) is 4.10. The van der Waals surface area contributed by atoms with Crippen LogP contribution in [0.5, 0.6) is 5.75 Å². The summed E-state index contributed by atoms with van der Waals surface area (Å²) >= 11 is 0. The van der Waals surface area contributed by atoms with Gasteiger partial charge in [0, 0.05) is 30.8 Å². The van der Waals surface area contributed by atoms with Gasteiger partial charge >= 0.3 is 0 Å². The Morgan fingerprint density at radius 3 is 2.61 bits per heavy atom. The molecule has 1 aromatic rings. The first kappa shape index (κ1) is 15.3. The fourth-order valence-electron chi connectivity index (χ4n) is 1.46. The fourth-order valence-corrected chi connectivity index (χ4v) is 2.51. The lowest BCUT2D eigenvalue weighted by Crippen LogP contribution is -2.15. The van der Waals surface area contributed by atoms with Gasteiger partial charge in [-0.15, -0.1) is 0 Å². The zero-order chi connectivity index (χ0) is 13.8. The highest BCUT2D eigenvalue weighted by Crippen LogP contribution is 2.29. The molecular formula is C12H17ClO4S. The zero-order valence-corrected chi connectivity index (χ0v) is 12.2. The van der Waals surface area contributed by atoms with E-state index in [-0.39, 0.29) is 16.7 Å². The molecule has 0 aliphatic rings. The molecule has 102 valence electrons. The van der Waals surface area contributed by atoms with Crippen LogP contribution in [0.4, 0.5) is 0 Å². The van der Waals surface area contributed by atoms with Crippen LogP contribution in [0, 0.1) is 6.92 Å². The first-order valence-electron chi connectivity index (χ1n) is 5.55. The summed E-state index contributed by atoms with van der Waals surface area (Å²) in [5.74, 6) is 0.277. The Bertz CT molecular complexity index is 499. The summed E-state index contributed by atoms with van der Waals surface area (Å²) < 4.78 is 33.5. The van der Waals surface area contributed by atoms with Crippen LogP contribution in [0.3, 0.4) is 0 Å². The molecule has 0 fully saturated rings. The third kappa shape index (κ3) is 4.48. The molecule has 0 amide bonds. The second-order valence-corrected chi connectivity index (χ2v) is 6.63. The van der Waals surface area contributed by atoms with Crippen molar-refractivity contribution in [2.45, 2.75) is 31.3 Å². The third-order valence-corrected chi connectivity index (χ3v) is 3.76. The molecule has 1 unspecified atom stereocenters. The van der Waals surface area contributed by atoms with Crippen molar-refractivity contribution in [3.63, 3.8) is 0 Å². The lowest BCUT2D eigenvalue weighted by Gasteiger charge is -2.16. The number of hydrogen-bond acceptors (Lipinski definition) is 4. The number of halogens is 1. The molecule has 1 aromatic carbocycles. The van der Waals surface area contributed by atoms with E-state index < -0.39 is 9.05 Å². The van der Waals surface area contributed by atoms with Crippen molar-refractivity contribution >= 4 is 19.7 Å². The summed E-state index contributed by atoms with van der Waals surface area (Å²) in [4.78, 5) is 0.00781. The highest BCUT2D eigenvalue weighted by atomic mass is 35.7. The largest absolute Gasteiger partial charge is 0.489 e. The SMILES string of the molecule is COCCC(C)Oc1ccc(C)cc1S(=O)(=O)Cl. The number of benzene rings is 1. The van der Waals surface area contributed by atoms with E-state index in [1.165, 1.54) is 6.07 Å². The molecule has 1 rings (SSSR count). The molecule has 0 spiro atoms. The van der Waals surface area contributed by atoms with Crippen LogP contribution in [0.2, 0.25) is 0 Å². The summed E-state index contributed by atoms with van der Waals surface area (Å²) in [5, 5.41) is 0. The molecule has 1 atom stereocenters. The highest BCUT2D eigenvalue weighted by Gasteiger charge is 2.18. The standard InChI is InChI=1S/C12H17ClO4S/c1-9-4-5-11(12(8-9)18(13,14)15)17-10(2)6-7-16-3/h4-5,8,10H,6-7H2,1-3H3. The van der Waals surface area contributed by atoms with Crippen molar-refractivity contribution in [2.75, 3.05) is 13.7 Å². The number of methoxy groups -OCH3 is 1. The molecule has 0 bridgehead atoms. The highest BCUT2D eigenvalue weighted by molar-refractivity contribution is 8.13. The quantitative estimate of drug-likeness (QED) is 0.757. The van der Waals surface area contributed by atoms with Crippen LogP contribution >= 0.6 is 10.7 Å². The number of rotatable bonds is 6. The third-order valence-electron chi connectivity index (χ3n) is 2.42. The fraction of sp³-hybridized carbons (Fsp3) is 0.500. The van der Waals surface area contributed by atoms with Gasteiger partial charge in [-0.05, 0) is 31.5 Å². The van der Waals surface area contributed by atoms with Gasteiger partial charge in [-0.1, -0.05) is 6.07 Å². The van der Waals surface area contributed by atoms with Crippen LogP contribution in [0.15, 0.2) is 23.1 Å². The van der Waals surface area contributed by atoms with E-state index >= 15 is 0 Å². The van der Waals surface area contributed by atoms with Crippen LogP contribution < -0.4 is 4.74 Å². The molecule has 6 heteroatoms. The summed E-state index contributed by atoms with van der Waals surface area (Å²) in [6, 6.07) is 4.90. The molecule has 0 N–H and O–H groups in total. The van der Waals surface area contributed by atoms with Crippen molar-refractivity contribution in [3.8, 4) is 5.75 Å². The van der Waals surface area contributed by atoms with E-state index in [0.29, 0.717) is 13.0 Å². The van der Waals surface area contributed by atoms with Crippen LogP contribution in [0.1, 0.15) is 18.9 Å². The summed E-state index contributed by atoms with van der Waals surface area (Å²) in [7, 11) is 3.19. The van der Waals surface area contributed by atoms with Gasteiger partial charge in [0.25, 0.3) is 9.05 Å². The van der Waals surface area contributed by atoms with Crippen molar-refractivity contribution < 1.29 is 17.9 Å². The Labute approximate surface area is 112 Å². The molecule has 0 aliphatic heterocycles. The van der Waals surface area contributed by atoms with Crippen molar-refractivity contribution in [1.29, 1.82) is 0 Å². The van der Waals surface area contributed by atoms with Crippen LogP contribution in [0.25, 0.3) is 0 Å². The molecule has 0 aliphatic carbocycles. The smallest absolute Gasteiger partial charge is 0.264 e. The van der Waals surface area contributed by atoms with E-state index in [0.717, 1.165) is 5.56 Å². The van der Waals surface area contributed by atoms with Crippen LogP contribution in [-0.2, 0) is 13.8 Å². The van der Waals surface area contributed by atoms with Gasteiger partial charge in [-0.25, -0.2) is 8.42 Å². The molecular weight excluding hydrogens is 276 g/mol. The van der Waals surface area contributed by atoms with Gasteiger partial charge in [0.1, 0.15) is 10.6 Å². The number of aryl methyl sites for hydroxylation is 1. The van der Waals surface area contributed by atoms with Gasteiger partial charge in [0.15, 0.2) is 0 Å². The molecule has 18 heavy (non-hydrogen) atoms. The maximum absolute atomic E-state index is 11.5. The predicted octanol–water partition coefficient (Wildman–Crippen LogP) is 2.73. The van der Waals surface area contributed by atoms with Crippen molar-refractivity contribution in [1.82, 2.24) is 0 Å². The summed E-state index contributed by atoms with van der Waals surface area (Å²) in [6.45, 7) is 4.20. The Balaban J connectivity index is 2.95. The maximum Gasteiger partial charge on any atom is 0.264 e. The Morgan fingerprint density at radius 1 is 1.39 bits per heavy atom. The average Bonchev–Trinajstić information content (AvgIpc) is 2.27. The monoisotopic (exact) mass is 292 g/mol. The molecule has 0 aromatic heterocycles. The van der Waals surface area contributed by atoms with Gasteiger partial charge < -0.3 is 9.47 Å². The Morgan fingerprint density at radius 2 is 2.06 bits per heavy atom. The Kier molecular flexibility index (Phi) is 5.44. The van der Waals surface area contributed by atoms with Crippen LogP contribution in [-0.4, -0.2) is 28.2 Å². The molecule has 0 heterocycles. The normalized spacial score (nSPS) is 13.3. The van der Waals surface area contributed by atoms with E-state index in [2.05, 4.69) is 0 Å². The minimum absolute atomic E-state index is 0.00781.